The number of piperidine rings is 1. The first-order chi connectivity index (χ1) is 15.3. The lowest BCUT2D eigenvalue weighted by molar-refractivity contribution is 0.0838. The SMILES string of the molecule is COc1ccc(CN2CCCC(N3CCc4ccccc4C3)C2)cc1Cn1cncn1. The Morgan fingerprint density at radius 3 is 2.81 bits per heavy atom. The van der Waals surface area contributed by atoms with Crippen LogP contribution in [0.1, 0.15) is 35.1 Å². The molecule has 0 spiro atoms. The standard InChI is InChI=1S/C25H31N5O/c1-31-25-9-8-20(13-23(25)16-30-19-26-18-27-30)14-28-11-4-7-24(17-28)29-12-10-21-5-2-3-6-22(21)15-29/h2-3,5-6,8-9,13,18-19,24H,4,7,10-12,14-17H2,1H3. The van der Waals surface area contributed by atoms with Crippen molar-refractivity contribution >= 4 is 0 Å². The summed E-state index contributed by atoms with van der Waals surface area (Å²) in [6.45, 7) is 6.25. The molecule has 3 aromatic rings. The number of fused-ring (bicyclic) bond motifs is 1. The van der Waals surface area contributed by atoms with Gasteiger partial charge in [0.05, 0.1) is 13.7 Å². The van der Waals surface area contributed by atoms with Crippen molar-refractivity contribution < 1.29 is 4.74 Å². The highest BCUT2D eigenvalue weighted by atomic mass is 16.5. The molecular weight excluding hydrogens is 386 g/mol. The second kappa shape index (κ2) is 9.20. The number of rotatable bonds is 6. The van der Waals surface area contributed by atoms with Crippen molar-refractivity contribution in [2.24, 2.45) is 0 Å². The zero-order chi connectivity index (χ0) is 21.0. The molecule has 1 saturated heterocycles. The summed E-state index contributed by atoms with van der Waals surface area (Å²) in [5, 5.41) is 4.24. The summed E-state index contributed by atoms with van der Waals surface area (Å²) >= 11 is 0. The highest BCUT2D eigenvalue weighted by Crippen LogP contribution is 2.26. The highest BCUT2D eigenvalue weighted by Gasteiger charge is 2.28. The van der Waals surface area contributed by atoms with Crippen molar-refractivity contribution in [3.63, 3.8) is 0 Å². The molecule has 0 N–H and O–H groups in total. The van der Waals surface area contributed by atoms with Gasteiger partial charge in [-0.2, -0.15) is 5.10 Å². The average Bonchev–Trinajstić information content (AvgIpc) is 3.32. The molecule has 1 unspecified atom stereocenters. The molecule has 2 aromatic carbocycles. The monoisotopic (exact) mass is 417 g/mol. The molecule has 0 radical (unpaired) electrons. The Morgan fingerprint density at radius 1 is 1.06 bits per heavy atom. The summed E-state index contributed by atoms with van der Waals surface area (Å²) in [7, 11) is 1.73. The van der Waals surface area contributed by atoms with Crippen LogP contribution in [0.5, 0.6) is 5.75 Å². The van der Waals surface area contributed by atoms with Gasteiger partial charge < -0.3 is 4.74 Å². The van der Waals surface area contributed by atoms with E-state index in [0.717, 1.165) is 30.9 Å². The van der Waals surface area contributed by atoms with Crippen LogP contribution in [0.25, 0.3) is 0 Å². The maximum Gasteiger partial charge on any atom is 0.137 e. The fourth-order valence-electron chi connectivity index (χ4n) is 5.10. The van der Waals surface area contributed by atoms with Gasteiger partial charge >= 0.3 is 0 Å². The van der Waals surface area contributed by atoms with Gasteiger partial charge in [-0.1, -0.05) is 30.3 Å². The molecule has 0 bridgehead atoms. The molecule has 2 aliphatic heterocycles. The molecule has 0 aliphatic carbocycles. The average molecular weight is 418 g/mol. The Hall–Kier alpha value is -2.70. The van der Waals surface area contributed by atoms with Gasteiger partial charge in [0, 0.05) is 37.8 Å². The number of aromatic nitrogens is 3. The topological polar surface area (TPSA) is 46.4 Å². The van der Waals surface area contributed by atoms with Crippen molar-refractivity contribution in [2.75, 3.05) is 26.7 Å². The van der Waals surface area contributed by atoms with E-state index in [0.29, 0.717) is 12.6 Å². The lowest BCUT2D eigenvalue weighted by atomic mass is 9.96. The Kier molecular flexibility index (Phi) is 6.00. The summed E-state index contributed by atoms with van der Waals surface area (Å²) < 4.78 is 7.42. The normalized spacial score (nSPS) is 19.8. The predicted molar refractivity (Wildman–Crippen MR) is 121 cm³/mol. The minimum absolute atomic E-state index is 0.648. The van der Waals surface area contributed by atoms with Crippen LogP contribution in [0.4, 0.5) is 0 Å². The summed E-state index contributed by atoms with van der Waals surface area (Å²) in [6.07, 6.45) is 7.07. The van der Waals surface area contributed by atoms with Gasteiger partial charge in [-0.3, -0.25) is 9.80 Å². The van der Waals surface area contributed by atoms with E-state index < -0.39 is 0 Å². The summed E-state index contributed by atoms with van der Waals surface area (Å²) in [6, 6.07) is 16.1. The Balaban J connectivity index is 1.25. The molecule has 1 atom stereocenters. The zero-order valence-electron chi connectivity index (χ0n) is 18.3. The number of hydrogen-bond donors (Lipinski definition) is 0. The van der Waals surface area contributed by atoms with Gasteiger partial charge in [-0.25, -0.2) is 9.67 Å². The molecule has 2 aliphatic rings. The van der Waals surface area contributed by atoms with E-state index in [1.165, 1.54) is 49.0 Å². The van der Waals surface area contributed by atoms with Crippen molar-refractivity contribution in [3.8, 4) is 5.75 Å². The van der Waals surface area contributed by atoms with Gasteiger partial charge in [-0.05, 0) is 54.6 Å². The number of benzene rings is 2. The smallest absolute Gasteiger partial charge is 0.137 e. The van der Waals surface area contributed by atoms with Gasteiger partial charge in [0.1, 0.15) is 18.4 Å². The van der Waals surface area contributed by atoms with E-state index in [9.17, 15) is 0 Å². The highest BCUT2D eigenvalue weighted by molar-refractivity contribution is 5.37. The maximum atomic E-state index is 5.58. The molecule has 6 heteroatoms. The molecule has 1 aromatic heterocycles. The van der Waals surface area contributed by atoms with Crippen molar-refractivity contribution in [1.29, 1.82) is 0 Å². The van der Waals surface area contributed by atoms with Gasteiger partial charge in [0.2, 0.25) is 0 Å². The second-order valence-corrected chi connectivity index (χ2v) is 8.76. The first-order valence-corrected chi connectivity index (χ1v) is 11.3. The van der Waals surface area contributed by atoms with Gasteiger partial charge in [0.25, 0.3) is 0 Å². The quantitative estimate of drug-likeness (QED) is 0.616. The number of hydrogen-bond acceptors (Lipinski definition) is 5. The third-order valence-corrected chi connectivity index (χ3v) is 6.71. The van der Waals surface area contributed by atoms with Crippen LogP contribution in [0.2, 0.25) is 0 Å². The van der Waals surface area contributed by atoms with Crippen LogP contribution in [0, 0.1) is 0 Å². The third kappa shape index (κ3) is 4.65. The number of likely N-dealkylation sites (tertiary alicyclic amines) is 1. The molecular formula is C25H31N5O. The number of methoxy groups -OCH3 is 1. The van der Waals surface area contributed by atoms with E-state index in [1.54, 1.807) is 19.8 Å². The van der Waals surface area contributed by atoms with Crippen LogP contribution in [-0.4, -0.2) is 57.4 Å². The van der Waals surface area contributed by atoms with E-state index in [2.05, 4.69) is 62.3 Å². The van der Waals surface area contributed by atoms with Gasteiger partial charge in [-0.15, -0.1) is 0 Å². The first kappa shape index (κ1) is 20.2. The largest absolute Gasteiger partial charge is 0.496 e. The minimum atomic E-state index is 0.648. The lowest BCUT2D eigenvalue weighted by Crippen LogP contribution is -2.49. The van der Waals surface area contributed by atoms with Crippen LogP contribution < -0.4 is 4.74 Å². The molecule has 31 heavy (non-hydrogen) atoms. The Morgan fingerprint density at radius 2 is 1.97 bits per heavy atom. The Labute approximate surface area is 184 Å². The molecule has 6 nitrogen and oxygen atoms in total. The fraction of sp³-hybridized carbons (Fsp3) is 0.440. The van der Waals surface area contributed by atoms with E-state index >= 15 is 0 Å². The molecule has 0 amide bonds. The second-order valence-electron chi connectivity index (χ2n) is 8.76. The molecule has 0 saturated carbocycles. The zero-order valence-corrected chi connectivity index (χ0v) is 18.3. The van der Waals surface area contributed by atoms with Crippen molar-refractivity contribution in [2.45, 2.75) is 44.9 Å². The van der Waals surface area contributed by atoms with E-state index in [1.807, 2.05) is 4.68 Å². The Bertz CT molecular complexity index is 1000. The molecule has 1 fully saturated rings. The van der Waals surface area contributed by atoms with E-state index in [-0.39, 0.29) is 0 Å². The maximum absolute atomic E-state index is 5.58. The summed E-state index contributed by atoms with van der Waals surface area (Å²) in [5.74, 6) is 0.905. The van der Waals surface area contributed by atoms with Crippen molar-refractivity contribution in [3.05, 3.63) is 77.4 Å². The van der Waals surface area contributed by atoms with Crippen LogP contribution in [-0.2, 0) is 26.1 Å². The lowest BCUT2D eigenvalue weighted by Gasteiger charge is -2.41. The van der Waals surface area contributed by atoms with Crippen LogP contribution >= 0.6 is 0 Å². The molecule has 162 valence electrons. The van der Waals surface area contributed by atoms with Crippen LogP contribution in [0.15, 0.2) is 55.1 Å². The number of nitrogens with zero attached hydrogens (tertiary/aromatic N) is 5. The number of ether oxygens (including phenoxy) is 1. The molecule has 3 heterocycles. The summed E-state index contributed by atoms with van der Waals surface area (Å²) in [5.41, 5.74) is 5.52. The van der Waals surface area contributed by atoms with Crippen LogP contribution in [0.3, 0.4) is 0 Å². The third-order valence-electron chi connectivity index (χ3n) is 6.71. The predicted octanol–water partition coefficient (Wildman–Crippen LogP) is 3.36. The molecule has 5 rings (SSSR count). The van der Waals surface area contributed by atoms with Gasteiger partial charge in [0.15, 0.2) is 0 Å². The van der Waals surface area contributed by atoms with Crippen molar-refractivity contribution in [1.82, 2.24) is 24.6 Å². The summed E-state index contributed by atoms with van der Waals surface area (Å²) in [4.78, 5) is 9.38. The van der Waals surface area contributed by atoms with E-state index in [4.69, 9.17) is 4.74 Å². The fourth-order valence-corrected chi connectivity index (χ4v) is 5.10. The first-order valence-electron chi connectivity index (χ1n) is 11.3. The minimum Gasteiger partial charge on any atom is -0.496 e.